The molecule has 2 fully saturated rings. The molecular formula is C19H19FIN3OS. The number of nitrogens with one attached hydrogen (secondary N) is 2. The van der Waals surface area contributed by atoms with Gasteiger partial charge in [0, 0.05) is 20.4 Å². The number of carbonyl (C=O) groups is 1. The molecule has 1 saturated heterocycles. The zero-order valence-corrected chi connectivity index (χ0v) is 17.4. The lowest BCUT2D eigenvalue weighted by Crippen LogP contribution is -2.64. The molecule has 1 amide bonds. The molecule has 26 heavy (non-hydrogen) atoms. The normalized spacial score (nSPS) is 26.2. The van der Waals surface area contributed by atoms with Gasteiger partial charge in [-0.05, 0) is 78.1 Å². The predicted molar refractivity (Wildman–Crippen MR) is 110 cm³/mol. The zero-order valence-electron chi connectivity index (χ0n) is 14.5. The molecule has 1 aromatic heterocycles. The lowest BCUT2D eigenvalue weighted by Gasteiger charge is -2.45. The van der Waals surface area contributed by atoms with E-state index in [9.17, 15) is 9.18 Å². The highest BCUT2D eigenvalue weighted by molar-refractivity contribution is 14.1. The summed E-state index contributed by atoms with van der Waals surface area (Å²) in [6.07, 6.45) is 2.12. The van der Waals surface area contributed by atoms with Crippen LogP contribution in [0, 0.1) is 26.6 Å². The molecule has 0 spiro atoms. The smallest absolute Gasteiger partial charge is 0.235 e. The van der Waals surface area contributed by atoms with E-state index in [4.69, 9.17) is 5.41 Å². The summed E-state index contributed by atoms with van der Waals surface area (Å²) < 4.78 is 14.2. The highest BCUT2D eigenvalue weighted by Gasteiger charge is 2.54. The van der Waals surface area contributed by atoms with Crippen LogP contribution < -0.4 is 5.32 Å². The SMILES string of the molecule is CN1C(=N)N[C@](C)(c2ccc(-c3ccc(F)c(I)c3)s2)[C@H](C2CC2)C1=O. The van der Waals surface area contributed by atoms with Crippen LogP contribution in [0.4, 0.5) is 4.39 Å². The fourth-order valence-corrected chi connectivity index (χ4v) is 5.37. The highest BCUT2D eigenvalue weighted by atomic mass is 127. The number of hydrogen-bond donors (Lipinski definition) is 2. The zero-order chi connectivity index (χ0) is 18.6. The molecule has 4 rings (SSSR count). The van der Waals surface area contributed by atoms with Crippen molar-refractivity contribution < 1.29 is 9.18 Å². The van der Waals surface area contributed by atoms with Crippen LogP contribution in [-0.4, -0.2) is 23.8 Å². The Labute approximate surface area is 169 Å². The summed E-state index contributed by atoms with van der Waals surface area (Å²) in [5.74, 6) is 0.142. The Hall–Kier alpha value is -1.48. The Bertz CT molecular complexity index is 910. The van der Waals surface area contributed by atoms with E-state index in [0.29, 0.717) is 9.49 Å². The Morgan fingerprint density at radius 3 is 2.73 bits per heavy atom. The van der Waals surface area contributed by atoms with Crippen molar-refractivity contribution in [1.82, 2.24) is 10.2 Å². The third-order valence-corrected chi connectivity index (χ3v) is 7.55. The van der Waals surface area contributed by atoms with Crippen molar-refractivity contribution in [3.05, 3.63) is 44.6 Å². The third-order valence-electron chi connectivity index (χ3n) is 5.35. The van der Waals surface area contributed by atoms with Crippen LogP contribution in [0.25, 0.3) is 10.4 Å². The molecular weight excluding hydrogens is 464 g/mol. The van der Waals surface area contributed by atoms with Gasteiger partial charge in [0.05, 0.1) is 11.5 Å². The van der Waals surface area contributed by atoms with Crippen LogP contribution in [0.1, 0.15) is 24.6 Å². The second-order valence-electron chi connectivity index (χ2n) is 7.18. The summed E-state index contributed by atoms with van der Waals surface area (Å²) in [5, 5.41) is 11.4. The number of nitrogens with zero attached hydrogens (tertiary/aromatic N) is 1. The Morgan fingerprint density at radius 2 is 2.08 bits per heavy atom. The maximum absolute atomic E-state index is 13.6. The number of carbonyl (C=O) groups excluding carboxylic acids is 1. The van der Waals surface area contributed by atoms with Gasteiger partial charge in [-0.25, -0.2) is 4.39 Å². The van der Waals surface area contributed by atoms with Gasteiger partial charge in [-0.1, -0.05) is 6.07 Å². The molecule has 1 aliphatic carbocycles. The lowest BCUT2D eigenvalue weighted by molar-refractivity contribution is -0.136. The first-order valence-corrected chi connectivity index (χ1v) is 10.4. The van der Waals surface area contributed by atoms with Gasteiger partial charge in [-0.2, -0.15) is 0 Å². The number of hydrogen-bond acceptors (Lipinski definition) is 3. The van der Waals surface area contributed by atoms with E-state index >= 15 is 0 Å². The van der Waals surface area contributed by atoms with Gasteiger partial charge in [0.1, 0.15) is 5.82 Å². The summed E-state index contributed by atoms with van der Waals surface area (Å²) in [6, 6.07) is 9.15. The Balaban J connectivity index is 1.73. The van der Waals surface area contributed by atoms with E-state index in [1.807, 2.05) is 47.7 Å². The van der Waals surface area contributed by atoms with Crippen molar-refractivity contribution in [3.8, 4) is 10.4 Å². The standard InChI is InChI=1S/C19H19FIN3OS/c1-19(16(10-3-4-10)17(25)24(2)18(22)23-19)15-8-7-14(26-15)11-5-6-12(20)13(21)9-11/h5-10,16H,3-4H2,1-2H3,(H2,22,23)/t16-,19-/m1/s1. The molecule has 0 unspecified atom stereocenters. The molecule has 2 heterocycles. The Kier molecular flexibility index (Phi) is 4.34. The minimum absolute atomic E-state index is 0.0185. The van der Waals surface area contributed by atoms with Crippen LogP contribution in [0.3, 0.4) is 0 Å². The molecule has 1 aromatic carbocycles. The van der Waals surface area contributed by atoms with Crippen molar-refractivity contribution in [2.75, 3.05) is 7.05 Å². The molecule has 1 aliphatic heterocycles. The summed E-state index contributed by atoms with van der Waals surface area (Å²) >= 11 is 3.60. The van der Waals surface area contributed by atoms with Gasteiger partial charge in [-0.15, -0.1) is 11.3 Å². The third kappa shape index (κ3) is 2.85. The van der Waals surface area contributed by atoms with Crippen molar-refractivity contribution >= 4 is 45.8 Å². The van der Waals surface area contributed by atoms with E-state index < -0.39 is 5.54 Å². The number of amides is 1. The predicted octanol–water partition coefficient (Wildman–Crippen LogP) is 4.40. The molecule has 2 N–H and O–H groups in total. The summed E-state index contributed by atoms with van der Waals surface area (Å²) in [6.45, 7) is 2.03. The minimum Gasteiger partial charge on any atom is -0.345 e. The summed E-state index contributed by atoms with van der Waals surface area (Å²) in [5.41, 5.74) is 0.380. The number of guanidine groups is 1. The van der Waals surface area contributed by atoms with Crippen LogP contribution in [0.15, 0.2) is 30.3 Å². The van der Waals surface area contributed by atoms with Crippen LogP contribution >= 0.6 is 33.9 Å². The van der Waals surface area contributed by atoms with Crippen molar-refractivity contribution in [1.29, 1.82) is 5.41 Å². The van der Waals surface area contributed by atoms with E-state index in [-0.39, 0.29) is 23.6 Å². The second-order valence-corrected chi connectivity index (χ2v) is 9.43. The van der Waals surface area contributed by atoms with Crippen LogP contribution in [0.5, 0.6) is 0 Å². The van der Waals surface area contributed by atoms with Gasteiger partial charge in [0.25, 0.3) is 0 Å². The maximum atomic E-state index is 13.6. The van der Waals surface area contributed by atoms with Crippen LogP contribution in [-0.2, 0) is 10.3 Å². The average Bonchev–Trinajstić information content (AvgIpc) is 3.29. The van der Waals surface area contributed by atoms with Crippen molar-refractivity contribution in [2.45, 2.75) is 25.3 Å². The average molecular weight is 483 g/mol. The molecule has 2 atom stereocenters. The first-order chi connectivity index (χ1) is 12.3. The molecule has 0 bridgehead atoms. The van der Waals surface area contributed by atoms with Gasteiger partial charge in [-0.3, -0.25) is 15.1 Å². The molecule has 0 radical (unpaired) electrons. The molecule has 4 nitrogen and oxygen atoms in total. The quantitative estimate of drug-likeness (QED) is 0.637. The van der Waals surface area contributed by atoms with Gasteiger partial charge >= 0.3 is 0 Å². The first-order valence-electron chi connectivity index (χ1n) is 8.51. The summed E-state index contributed by atoms with van der Waals surface area (Å²) in [7, 11) is 1.66. The minimum atomic E-state index is -0.585. The molecule has 7 heteroatoms. The molecule has 136 valence electrons. The number of benzene rings is 1. The number of thiophene rings is 1. The fourth-order valence-electron chi connectivity index (χ4n) is 3.71. The van der Waals surface area contributed by atoms with E-state index in [1.165, 1.54) is 11.0 Å². The maximum Gasteiger partial charge on any atom is 0.235 e. The molecule has 2 aliphatic rings. The van der Waals surface area contributed by atoms with Gasteiger partial charge in [0.15, 0.2) is 5.96 Å². The second kappa shape index (κ2) is 6.30. The van der Waals surface area contributed by atoms with Crippen molar-refractivity contribution in [3.63, 3.8) is 0 Å². The van der Waals surface area contributed by atoms with Crippen molar-refractivity contribution in [2.24, 2.45) is 11.8 Å². The van der Waals surface area contributed by atoms with Gasteiger partial charge < -0.3 is 5.32 Å². The van der Waals surface area contributed by atoms with Crippen LogP contribution in [0.2, 0.25) is 0 Å². The Morgan fingerprint density at radius 1 is 1.35 bits per heavy atom. The van der Waals surface area contributed by atoms with E-state index in [2.05, 4.69) is 5.32 Å². The van der Waals surface area contributed by atoms with Gasteiger partial charge in [0.2, 0.25) is 5.91 Å². The largest absolute Gasteiger partial charge is 0.345 e. The number of rotatable bonds is 3. The number of halogens is 2. The highest BCUT2D eigenvalue weighted by Crippen LogP contribution is 2.50. The first kappa shape index (κ1) is 17.9. The summed E-state index contributed by atoms with van der Waals surface area (Å²) in [4.78, 5) is 16.4. The monoisotopic (exact) mass is 483 g/mol. The van der Waals surface area contributed by atoms with E-state index in [1.54, 1.807) is 24.5 Å². The van der Waals surface area contributed by atoms with E-state index in [0.717, 1.165) is 28.2 Å². The molecule has 1 saturated carbocycles. The molecule has 2 aromatic rings. The fraction of sp³-hybridized carbons (Fsp3) is 0.368. The topological polar surface area (TPSA) is 56.2 Å². The lowest BCUT2D eigenvalue weighted by atomic mass is 9.78.